The van der Waals surface area contributed by atoms with Gasteiger partial charge in [0, 0.05) is 0 Å². The number of allylic oxidation sites excluding steroid dienone is 2. The molecule has 0 fully saturated rings. The summed E-state index contributed by atoms with van der Waals surface area (Å²) in [5.74, 6) is 0. The average molecular weight is 395 g/mol. The molecule has 0 aliphatic rings. The second-order valence-electron chi connectivity index (χ2n) is 6.48. The summed E-state index contributed by atoms with van der Waals surface area (Å²) in [7, 11) is 1.31. The largest absolute Gasteiger partial charge is 0.353 e. The summed E-state index contributed by atoms with van der Waals surface area (Å²) in [6, 6.07) is 0. The molecule has 0 amide bonds. The van der Waals surface area contributed by atoms with Gasteiger partial charge in [-0.05, 0) is 43.9 Å². The Morgan fingerprint density at radius 2 is 1.28 bits per heavy atom. The predicted octanol–water partition coefficient (Wildman–Crippen LogP) is 6.84. The second kappa shape index (κ2) is 19.0. The van der Waals surface area contributed by atoms with E-state index in [0.717, 1.165) is 12.8 Å². The lowest BCUT2D eigenvalue weighted by molar-refractivity contribution is -0.189. The van der Waals surface area contributed by atoms with Crippen LogP contribution in [0.5, 0.6) is 0 Å². The molecule has 0 aromatic carbocycles. The van der Waals surface area contributed by atoms with Gasteiger partial charge in [0.2, 0.25) is 0 Å². The van der Waals surface area contributed by atoms with E-state index in [1.165, 1.54) is 84.2 Å². The van der Waals surface area contributed by atoms with Crippen molar-refractivity contribution in [1.29, 1.82) is 0 Å². The Balaban J connectivity index is 3.21. The fourth-order valence-corrected chi connectivity index (χ4v) is 3.64. The molecule has 0 saturated heterocycles. The molecule has 1 unspecified atom stereocenters. The van der Waals surface area contributed by atoms with Gasteiger partial charge in [-0.25, -0.2) is 4.89 Å². The van der Waals surface area contributed by atoms with E-state index in [1.54, 1.807) is 0 Å². The zero-order valence-corrected chi connectivity index (χ0v) is 18.0. The first kappa shape index (κ1) is 25.2. The van der Waals surface area contributed by atoms with Crippen molar-refractivity contribution in [3.8, 4) is 0 Å². The zero-order valence-electron chi connectivity index (χ0n) is 16.3. The van der Waals surface area contributed by atoms with Crippen LogP contribution in [-0.2, 0) is 25.9 Å². The van der Waals surface area contributed by atoms with Crippen molar-refractivity contribution in [2.24, 2.45) is 0 Å². The number of unbranched alkanes of at least 4 members (excludes halogenated alkanes) is 12. The molecule has 4 nitrogen and oxygen atoms in total. The van der Waals surface area contributed by atoms with Crippen LogP contribution >= 0.6 is 6.72 Å². The van der Waals surface area contributed by atoms with Gasteiger partial charge >= 0.3 is 6.72 Å². The van der Waals surface area contributed by atoms with Gasteiger partial charge in [-0.1, -0.05) is 76.9 Å². The molecule has 6 heteroatoms. The molecule has 1 N–H and O–H groups in total. The highest BCUT2D eigenvalue weighted by Crippen LogP contribution is 2.43. The Morgan fingerprint density at radius 1 is 0.800 bits per heavy atom. The van der Waals surface area contributed by atoms with E-state index in [9.17, 15) is 4.89 Å². The fraction of sp³-hybridized carbons (Fsp3) is 0.895. The highest BCUT2D eigenvalue weighted by atomic mass is 32.5. The van der Waals surface area contributed by atoms with Gasteiger partial charge in [0.1, 0.15) is 0 Å². The van der Waals surface area contributed by atoms with E-state index in [1.807, 2.05) is 0 Å². The summed E-state index contributed by atoms with van der Waals surface area (Å²) in [5.41, 5.74) is 0. The maximum atomic E-state index is 9.49. The van der Waals surface area contributed by atoms with Crippen LogP contribution in [0.25, 0.3) is 0 Å². The van der Waals surface area contributed by atoms with Crippen LogP contribution in [0.15, 0.2) is 12.2 Å². The molecule has 150 valence electrons. The third-order valence-corrected chi connectivity index (χ3v) is 5.42. The van der Waals surface area contributed by atoms with Crippen LogP contribution < -0.4 is 0 Å². The van der Waals surface area contributed by atoms with Gasteiger partial charge in [0.15, 0.2) is 0 Å². The minimum absolute atomic E-state index is 0.429. The van der Waals surface area contributed by atoms with Crippen LogP contribution in [0.1, 0.15) is 96.8 Å². The SMILES string of the molecule is CCCCCCCC/C=C\CCCCCCCCOP(O)(=S)OOC. The van der Waals surface area contributed by atoms with Gasteiger partial charge < -0.3 is 9.42 Å². The molecule has 0 aliphatic carbocycles. The molecule has 0 bridgehead atoms. The maximum absolute atomic E-state index is 9.49. The van der Waals surface area contributed by atoms with E-state index < -0.39 is 6.72 Å². The molecular formula is C19H39O4PS. The quantitative estimate of drug-likeness (QED) is 0.0855. The highest BCUT2D eigenvalue weighted by molar-refractivity contribution is 8.07. The standard InChI is InChI=1S/C19H39O4PS/c1-3-4-5-6-7-8-9-10-11-12-13-14-15-16-17-18-19-22-24(20,25)23-21-2/h10-11H,3-9,12-19H2,1-2H3,(H,20,25)/b11-10-. The van der Waals surface area contributed by atoms with E-state index in [0.29, 0.717) is 6.61 Å². The fourth-order valence-electron chi connectivity index (χ4n) is 2.65. The number of hydrogen-bond donors (Lipinski definition) is 1. The van der Waals surface area contributed by atoms with Crippen molar-refractivity contribution in [2.75, 3.05) is 13.7 Å². The first-order chi connectivity index (χ1) is 12.1. The first-order valence-electron chi connectivity index (χ1n) is 9.97. The van der Waals surface area contributed by atoms with E-state index in [4.69, 9.17) is 16.3 Å². The molecule has 0 aliphatic heterocycles. The smallest absolute Gasteiger partial charge is 0.323 e. The molecule has 0 aromatic heterocycles. The van der Waals surface area contributed by atoms with Gasteiger partial charge in [0.25, 0.3) is 0 Å². The van der Waals surface area contributed by atoms with Crippen LogP contribution in [0.4, 0.5) is 0 Å². The Kier molecular flexibility index (Phi) is 19.2. The zero-order chi connectivity index (χ0) is 18.6. The lowest BCUT2D eigenvalue weighted by atomic mass is 10.1. The highest BCUT2D eigenvalue weighted by Gasteiger charge is 2.14. The predicted molar refractivity (Wildman–Crippen MR) is 110 cm³/mol. The molecule has 0 radical (unpaired) electrons. The molecule has 0 heterocycles. The van der Waals surface area contributed by atoms with Crippen molar-refractivity contribution in [2.45, 2.75) is 96.8 Å². The van der Waals surface area contributed by atoms with Crippen LogP contribution in [0, 0.1) is 0 Å². The molecule has 0 rings (SSSR count). The Hall–Kier alpha value is 0.230. The monoisotopic (exact) mass is 394 g/mol. The minimum Gasteiger partial charge on any atom is -0.323 e. The van der Waals surface area contributed by atoms with Gasteiger partial charge in [-0.3, -0.25) is 0 Å². The lowest BCUT2D eigenvalue weighted by Gasteiger charge is -2.12. The van der Waals surface area contributed by atoms with Gasteiger partial charge in [-0.15, -0.1) is 4.67 Å². The van der Waals surface area contributed by atoms with Crippen LogP contribution in [0.3, 0.4) is 0 Å². The first-order valence-corrected chi connectivity index (χ1v) is 12.6. The minimum atomic E-state index is -3.18. The Bertz CT molecular complexity index is 350. The van der Waals surface area contributed by atoms with Crippen molar-refractivity contribution >= 4 is 18.5 Å². The van der Waals surface area contributed by atoms with E-state index in [2.05, 4.69) is 28.6 Å². The van der Waals surface area contributed by atoms with E-state index in [-0.39, 0.29) is 0 Å². The molecule has 0 saturated carbocycles. The van der Waals surface area contributed by atoms with Crippen molar-refractivity contribution in [3.05, 3.63) is 12.2 Å². The van der Waals surface area contributed by atoms with Gasteiger partial charge in [0.05, 0.1) is 13.7 Å². The third-order valence-electron chi connectivity index (χ3n) is 4.08. The van der Waals surface area contributed by atoms with Crippen molar-refractivity contribution in [3.63, 3.8) is 0 Å². The van der Waals surface area contributed by atoms with Gasteiger partial charge in [-0.2, -0.15) is 0 Å². The summed E-state index contributed by atoms with van der Waals surface area (Å²) >= 11 is 4.74. The lowest BCUT2D eigenvalue weighted by Crippen LogP contribution is -1.96. The third kappa shape index (κ3) is 20.4. The average Bonchev–Trinajstić information content (AvgIpc) is 2.57. The van der Waals surface area contributed by atoms with Crippen LogP contribution in [0.2, 0.25) is 0 Å². The molecular weight excluding hydrogens is 355 g/mol. The second-order valence-corrected chi connectivity index (χ2v) is 9.21. The molecule has 1 atom stereocenters. The molecule has 0 aromatic rings. The number of rotatable bonds is 19. The molecule has 0 spiro atoms. The van der Waals surface area contributed by atoms with Crippen molar-refractivity contribution in [1.82, 2.24) is 0 Å². The summed E-state index contributed by atoms with van der Waals surface area (Å²) in [6.07, 6.45) is 22.4. The molecule has 25 heavy (non-hydrogen) atoms. The topological polar surface area (TPSA) is 47.9 Å². The maximum Gasteiger partial charge on any atom is 0.353 e. The normalized spacial score (nSPS) is 14.2. The van der Waals surface area contributed by atoms with Crippen molar-refractivity contribution < 1.29 is 19.0 Å². The number of hydrogen-bond acceptors (Lipinski definition) is 4. The van der Waals surface area contributed by atoms with Crippen LogP contribution in [-0.4, -0.2) is 18.6 Å². The summed E-state index contributed by atoms with van der Waals surface area (Å²) in [5, 5.41) is 0. The summed E-state index contributed by atoms with van der Waals surface area (Å²) in [4.78, 5) is 13.8. The Morgan fingerprint density at radius 3 is 1.80 bits per heavy atom. The van der Waals surface area contributed by atoms with E-state index >= 15 is 0 Å². The summed E-state index contributed by atoms with van der Waals surface area (Å²) < 4.78 is 9.63. The summed E-state index contributed by atoms with van der Waals surface area (Å²) in [6.45, 7) is -0.486. The Labute approximate surface area is 160 Å².